The van der Waals surface area contributed by atoms with E-state index in [1.165, 1.54) is 5.56 Å². The molecular formula is C12H21N3O. The summed E-state index contributed by atoms with van der Waals surface area (Å²) in [4.78, 5) is 0. The summed E-state index contributed by atoms with van der Waals surface area (Å²) in [5.74, 6) is 0. The molecule has 4 heteroatoms. The zero-order chi connectivity index (χ0) is 11.7. The highest BCUT2D eigenvalue weighted by atomic mass is 16.5. The molecule has 0 amide bonds. The summed E-state index contributed by atoms with van der Waals surface area (Å²) in [5.41, 5.74) is 2.38. The third-order valence-electron chi connectivity index (χ3n) is 3.36. The van der Waals surface area contributed by atoms with Gasteiger partial charge in [-0.2, -0.15) is 5.10 Å². The van der Waals surface area contributed by atoms with Crippen LogP contribution in [-0.4, -0.2) is 28.5 Å². The summed E-state index contributed by atoms with van der Waals surface area (Å²) < 4.78 is 7.43. The van der Waals surface area contributed by atoms with Crippen LogP contribution in [0.1, 0.15) is 37.6 Å². The van der Waals surface area contributed by atoms with Crippen LogP contribution in [0, 0.1) is 6.92 Å². The molecule has 0 aromatic carbocycles. The molecule has 2 heterocycles. The average molecular weight is 223 g/mol. The molecule has 16 heavy (non-hydrogen) atoms. The highest BCUT2D eigenvalue weighted by Crippen LogP contribution is 2.20. The van der Waals surface area contributed by atoms with E-state index < -0.39 is 0 Å². The van der Waals surface area contributed by atoms with Gasteiger partial charge < -0.3 is 10.1 Å². The second kappa shape index (κ2) is 4.55. The van der Waals surface area contributed by atoms with Gasteiger partial charge >= 0.3 is 0 Å². The van der Waals surface area contributed by atoms with Crippen molar-refractivity contribution in [3.63, 3.8) is 0 Å². The molecule has 4 nitrogen and oxygen atoms in total. The van der Waals surface area contributed by atoms with E-state index in [0.29, 0.717) is 18.2 Å². The SMILES string of the molecule is Cc1nn(C)cc1C(C)NC1CCOC1C. The van der Waals surface area contributed by atoms with Crippen LogP contribution in [0.25, 0.3) is 0 Å². The molecule has 2 rings (SSSR count). The maximum Gasteiger partial charge on any atom is 0.0700 e. The fourth-order valence-corrected chi connectivity index (χ4v) is 2.40. The molecule has 1 aromatic rings. The van der Waals surface area contributed by atoms with Crippen molar-refractivity contribution in [2.75, 3.05) is 6.61 Å². The van der Waals surface area contributed by atoms with E-state index in [9.17, 15) is 0 Å². The maximum absolute atomic E-state index is 5.55. The fourth-order valence-electron chi connectivity index (χ4n) is 2.40. The quantitative estimate of drug-likeness (QED) is 0.845. The molecule has 0 saturated carbocycles. The lowest BCUT2D eigenvalue weighted by Crippen LogP contribution is -2.36. The molecule has 0 radical (unpaired) electrons. The smallest absolute Gasteiger partial charge is 0.0700 e. The summed E-state index contributed by atoms with van der Waals surface area (Å²) >= 11 is 0. The van der Waals surface area contributed by atoms with Crippen molar-refractivity contribution in [2.24, 2.45) is 7.05 Å². The number of nitrogens with one attached hydrogen (secondary N) is 1. The Morgan fingerprint density at radius 1 is 1.62 bits per heavy atom. The van der Waals surface area contributed by atoms with E-state index in [1.54, 1.807) is 0 Å². The molecule has 1 aromatic heterocycles. The van der Waals surface area contributed by atoms with Crippen LogP contribution in [0.5, 0.6) is 0 Å². The van der Waals surface area contributed by atoms with Crippen LogP contribution < -0.4 is 5.32 Å². The number of nitrogens with zero attached hydrogens (tertiary/aromatic N) is 2. The van der Waals surface area contributed by atoms with Gasteiger partial charge in [0, 0.05) is 37.5 Å². The van der Waals surface area contributed by atoms with Gasteiger partial charge in [-0.15, -0.1) is 0 Å². The van der Waals surface area contributed by atoms with Crippen LogP contribution in [0.4, 0.5) is 0 Å². The predicted molar refractivity (Wildman–Crippen MR) is 63.3 cm³/mol. The molecule has 1 fully saturated rings. The van der Waals surface area contributed by atoms with Gasteiger partial charge in [-0.3, -0.25) is 4.68 Å². The third kappa shape index (κ3) is 2.28. The highest BCUT2D eigenvalue weighted by molar-refractivity contribution is 5.19. The molecule has 1 aliphatic rings. The van der Waals surface area contributed by atoms with Crippen molar-refractivity contribution >= 4 is 0 Å². The van der Waals surface area contributed by atoms with Gasteiger partial charge in [0.15, 0.2) is 0 Å². The fraction of sp³-hybridized carbons (Fsp3) is 0.750. The van der Waals surface area contributed by atoms with Crippen molar-refractivity contribution in [3.8, 4) is 0 Å². The van der Waals surface area contributed by atoms with Crippen molar-refractivity contribution < 1.29 is 4.74 Å². The molecule has 0 aliphatic carbocycles. The van der Waals surface area contributed by atoms with E-state index in [2.05, 4.69) is 37.4 Å². The Bertz CT molecular complexity index is 361. The van der Waals surface area contributed by atoms with Gasteiger partial charge in [0.2, 0.25) is 0 Å². The summed E-state index contributed by atoms with van der Waals surface area (Å²) in [6, 6.07) is 0.803. The van der Waals surface area contributed by atoms with Gasteiger partial charge in [-0.1, -0.05) is 0 Å². The second-order valence-electron chi connectivity index (χ2n) is 4.70. The van der Waals surface area contributed by atoms with E-state index in [4.69, 9.17) is 4.74 Å². The molecule has 1 saturated heterocycles. The van der Waals surface area contributed by atoms with Crippen LogP contribution in [-0.2, 0) is 11.8 Å². The standard InChI is InChI=1S/C12H21N3O/c1-8(11-7-15(4)14-9(11)2)13-12-5-6-16-10(12)3/h7-8,10,12-13H,5-6H2,1-4H3. The van der Waals surface area contributed by atoms with E-state index in [0.717, 1.165) is 18.7 Å². The second-order valence-corrected chi connectivity index (χ2v) is 4.70. The number of hydrogen-bond donors (Lipinski definition) is 1. The monoisotopic (exact) mass is 223 g/mol. The Hall–Kier alpha value is -0.870. The number of ether oxygens (including phenoxy) is 1. The molecule has 0 bridgehead atoms. The van der Waals surface area contributed by atoms with Gasteiger partial charge in [-0.05, 0) is 27.2 Å². The van der Waals surface area contributed by atoms with Gasteiger partial charge in [0.05, 0.1) is 11.8 Å². The molecule has 3 atom stereocenters. The Morgan fingerprint density at radius 3 is 2.88 bits per heavy atom. The largest absolute Gasteiger partial charge is 0.377 e. The normalized spacial score (nSPS) is 27.2. The van der Waals surface area contributed by atoms with Crippen molar-refractivity contribution in [1.82, 2.24) is 15.1 Å². The Kier molecular flexibility index (Phi) is 3.30. The first-order valence-corrected chi connectivity index (χ1v) is 5.95. The molecule has 1 N–H and O–H groups in total. The zero-order valence-corrected chi connectivity index (χ0v) is 10.5. The van der Waals surface area contributed by atoms with Crippen LogP contribution in [0.3, 0.4) is 0 Å². The van der Waals surface area contributed by atoms with Gasteiger partial charge in [0.1, 0.15) is 0 Å². The summed E-state index contributed by atoms with van der Waals surface area (Å²) in [7, 11) is 1.96. The number of rotatable bonds is 3. The number of aromatic nitrogens is 2. The lowest BCUT2D eigenvalue weighted by molar-refractivity contribution is 0.111. The van der Waals surface area contributed by atoms with E-state index >= 15 is 0 Å². The summed E-state index contributed by atoms with van der Waals surface area (Å²) in [6.45, 7) is 7.25. The van der Waals surface area contributed by atoms with Crippen LogP contribution in [0.2, 0.25) is 0 Å². The van der Waals surface area contributed by atoms with Crippen molar-refractivity contribution in [2.45, 2.75) is 45.4 Å². The maximum atomic E-state index is 5.55. The van der Waals surface area contributed by atoms with Gasteiger partial charge in [0.25, 0.3) is 0 Å². The van der Waals surface area contributed by atoms with Crippen molar-refractivity contribution in [3.05, 3.63) is 17.5 Å². The molecule has 90 valence electrons. The third-order valence-corrected chi connectivity index (χ3v) is 3.36. The topological polar surface area (TPSA) is 39.1 Å². The first-order chi connectivity index (χ1) is 7.58. The first-order valence-electron chi connectivity index (χ1n) is 5.95. The molecular weight excluding hydrogens is 202 g/mol. The minimum absolute atomic E-state index is 0.319. The summed E-state index contributed by atoms with van der Waals surface area (Å²) in [6.07, 6.45) is 3.51. The van der Waals surface area contributed by atoms with E-state index in [-0.39, 0.29) is 0 Å². The minimum atomic E-state index is 0.319. The highest BCUT2D eigenvalue weighted by Gasteiger charge is 2.26. The molecule has 3 unspecified atom stereocenters. The van der Waals surface area contributed by atoms with Crippen LogP contribution in [0.15, 0.2) is 6.20 Å². The zero-order valence-electron chi connectivity index (χ0n) is 10.5. The molecule has 0 spiro atoms. The first kappa shape index (κ1) is 11.6. The van der Waals surface area contributed by atoms with Crippen LogP contribution >= 0.6 is 0 Å². The minimum Gasteiger partial charge on any atom is -0.377 e. The Balaban J connectivity index is 2.02. The predicted octanol–water partition coefficient (Wildman–Crippen LogP) is 1.56. The average Bonchev–Trinajstić information content (AvgIpc) is 2.74. The number of aryl methyl sites for hydroxylation is 2. The molecule has 1 aliphatic heterocycles. The Labute approximate surface area is 97.0 Å². The lowest BCUT2D eigenvalue weighted by Gasteiger charge is -2.21. The number of hydrogen-bond acceptors (Lipinski definition) is 3. The van der Waals surface area contributed by atoms with Crippen molar-refractivity contribution in [1.29, 1.82) is 0 Å². The Morgan fingerprint density at radius 2 is 2.38 bits per heavy atom. The van der Waals surface area contributed by atoms with E-state index in [1.807, 2.05) is 11.7 Å². The van der Waals surface area contributed by atoms with Gasteiger partial charge in [-0.25, -0.2) is 0 Å². The lowest BCUT2D eigenvalue weighted by atomic mass is 10.1. The summed E-state index contributed by atoms with van der Waals surface area (Å²) in [5, 5.41) is 7.99.